The van der Waals surface area contributed by atoms with Crippen LogP contribution in [-0.4, -0.2) is 59.4 Å². The van der Waals surface area contributed by atoms with Gasteiger partial charge in [0.05, 0.1) is 12.1 Å². The van der Waals surface area contributed by atoms with E-state index in [-0.39, 0.29) is 29.5 Å². The number of hydrogen-bond acceptors (Lipinski definition) is 3. The molecule has 0 radical (unpaired) electrons. The third kappa shape index (κ3) is 3.59. The summed E-state index contributed by atoms with van der Waals surface area (Å²) in [4.78, 5) is 38.2. The van der Waals surface area contributed by atoms with Crippen LogP contribution in [0, 0.1) is 0 Å². The molecule has 1 aliphatic rings. The zero-order valence-electron chi connectivity index (χ0n) is 11.9. The standard InChI is InChI=1S/C15H18N2O4/c1-16(10-13(18)17-7-2-3-8-17)14(19)11-5-4-6-12(9-11)15(20)21/h4-6,9H,2-3,7-8,10H2,1H3,(H,20,21). The predicted molar refractivity (Wildman–Crippen MR) is 76.2 cm³/mol. The van der Waals surface area contributed by atoms with Gasteiger partial charge in [-0.3, -0.25) is 9.59 Å². The normalized spacial score (nSPS) is 14.0. The summed E-state index contributed by atoms with van der Waals surface area (Å²) in [5, 5.41) is 8.93. The van der Waals surface area contributed by atoms with Crippen molar-refractivity contribution in [3.8, 4) is 0 Å². The molecule has 0 spiro atoms. The average molecular weight is 290 g/mol. The zero-order chi connectivity index (χ0) is 15.4. The van der Waals surface area contributed by atoms with E-state index >= 15 is 0 Å². The van der Waals surface area contributed by atoms with E-state index in [1.165, 1.54) is 23.1 Å². The van der Waals surface area contributed by atoms with Gasteiger partial charge in [0.15, 0.2) is 0 Å². The number of hydrogen-bond donors (Lipinski definition) is 1. The molecule has 1 fully saturated rings. The Morgan fingerprint density at radius 3 is 2.43 bits per heavy atom. The van der Waals surface area contributed by atoms with Gasteiger partial charge in [0.2, 0.25) is 5.91 Å². The van der Waals surface area contributed by atoms with Crippen molar-refractivity contribution < 1.29 is 19.5 Å². The van der Waals surface area contributed by atoms with Gasteiger partial charge in [-0.1, -0.05) is 6.07 Å². The van der Waals surface area contributed by atoms with Crippen LogP contribution < -0.4 is 0 Å². The van der Waals surface area contributed by atoms with Gasteiger partial charge in [0.25, 0.3) is 5.91 Å². The molecule has 1 saturated heterocycles. The number of benzene rings is 1. The van der Waals surface area contributed by atoms with Crippen molar-refractivity contribution in [3.63, 3.8) is 0 Å². The molecule has 0 atom stereocenters. The molecule has 2 amide bonds. The minimum absolute atomic E-state index is 0.0101. The molecule has 0 aromatic heterocycles. The lowest BCUT2D eigenvalue weighted by Gasteiger charge is -2.21. The second-order valence-electron chi connectivity index (χ2n) is 5.14. The Labute approximate surface area is 123 Å². The highest BCUT2D eigenvalue weighted by Crippen LogP contribution is 2.10. The van der Waals surface area contributed by atoms with Crippen molar-refractivity contribution in [3.05, 3.63) is 35.4 Å². The molecule has 0 saturated carbocycles. The van der Waals surface area contributed by atoms with Crippen LogP contribution in [0.15, 0.2) is 24.3 Å². The molecule has 2 rings (SSSR count). The van der Waals surface area contributed by atoms with E-state index < -0.39 is 5.97 Å². The summed E-state index contributed by atoms with van der Waals surface area (Å²) in [6.45, 7) is 1.50. The molecule has 0 aliphatic carbocycles. The van der Waals surface area contributed by atoms with Crippen molar-refractivity contribution in [2.45, 2.75) is 12.8 Å². The molecule has 0 unspecified atom stereocenters. The van der Waals surface area contributed by atoms with Gasteiger partial charge < -0.3 is 14.9 Å². The molecular formula is C15H18N2O4. The molecule has 1 N–H and O–H groups in total. The summed E-state index contributed by atoms with van der Waals surface area (Å²) in [6, 6.07) is 5.81. The number of amides is 2. The SMILES string of the molecule is CN(CC(=O)N1CCCC1)C(=O)c1cccc(C(=O)O)c1. The lowest BCUT2D eigenvalue weighted by atomic mass is 10.1. The Morgan fingerprint density at radius 2 is 1.81 bits per heavy atom. The summed E-state index contributed by atoms with van der Waals surface area (Å²) >= 11 is 0. The Hall–Kier alpha value is -2.37. The van der Waals surface area contributed by atoms with Gasteiger partial charge in [0.1, 0.15) is 0 Å². The van der Waals surface area contributed by atoms with Crippen LogP contribution in [0.5, 0.6) is 0 Å². The number of likely N-dealkylation sites (N-methyl/N-ethyl adjacent to an activating group) is 1. The van der Waals surface area contributed by atoms with Crippen LogP contribution in [0.3, 0.4) is 0 Å². The number of rotatable bonds is 4. The fourth-order valence-corrected chi connectivity index (χ4v) is 2.35. The molecule has 6 heteroatoms. The number of nitrogens with zero attached hydrogens (tertiary/aromatic N) is 2. The van der Waals surface area contributed by atoms with Gasteiger partial charge in [-0.05, 0) is 31.0 Å². The number of carbonyl (C=O) groups excluding carboxylic acids is 2. The van der Waals surface area contributed by atoms with E-state index in [4.69, 9.17) is 5.11 Å². The Bertz CT molecular complexity index is 565. The van der Waals surface area contributed by atoms with E-state index in [1.807, 2.05) is 0 Å². The smallest absolute Gasteiger partial charge is 0.335 e. The topological polar surface area (TPSA) is 77.9 Å². The number of aromatic carboxylic acids is 1. The van der Waals surface area contributed by atoms with E-state index in [0.717, 1.165) is 25.9 Å². The van der Waals surface area contributed by atoms with Crippen LogP contribution in [0.25, 0.3) is 0 Å². The molecular weight excluding hydrogens is 272 g/mol. The lowest BCUT2D eigenvalue weighted by molar-refractivity contribution is -0.130. The minimum atomic E-state index is -1.08. The summed E-state index contributed by atoms with van der Waals surface area (Å²) in [5.74, 6) is -1.51. The van der Waals surface area contributed by atoms with Crippen LogP contribution in [-0.2, 0) is 4.79 Å². The third-order valence-corrected chi connectivity index (χ3v) is 3.53. The first kappa shape index (κ1) is 15.0. The quantitative estimate of drug-likeness (QED) is 0.900. The predicted octanol–water partition coefficient (Wildman–Crippen LogP) is 1.08. The Balaban J connectivity index is 2.03. The van der Waals surface area contributed by atoms with Crippen LogP contribution in [0.1, 0.15) is 33.6 Å². The van der Waals surface area contributed by atoms with Gasteiger partial charge in [-0.2, -0.15) is 0 Å². The molecule has 1 aromatic rings. The Morgan fingerprint density at radius 1 is 1.19 bits per heavy atom. The maximum atomic E-state index is 12.2. The fraction of sp³-hybridized carbons (Fsp3) is 0.400. The van der Waals surface area contributed by atoms with Crippen molar-refractivity contribution in [1.82, 2.24) is 9.80 Å². The van der Waals surface area contributed by atoms with Crippen molar-refractivity contribution in [1.29, 1.82) is 0 Å². The van der Waals surface area contributed by atoms with Gasteiger partial charge in [0, 0.05) is 25.7 Å². The maximum Gasteiger partial charge on any atom is 0.335 e. The molecule has 21 heavy (non-hydrogen) atoms. The van der Waals surface area contributed by atoms with Gasteiger partial charge >= 0.3 is 5.97 Å². The second-order valence-corrected chi connectivity index (χ2v) is 5.14. The lowest BCUT2D eigenvalue weighted by Crippen LogP contribution is -2.39. The average Bonchev–Trinajstić information content (AvgIpc) is 3.00. The number of likely N-dealkylation sites (tertiary alicyclic amines) is 1. The van der Waals surface area contributed by atoms with Crippen LogP contribution >= 0.6 is 0 Å². The summed E-state index contributed by atoms with van der Waals surface area (Å²) < 4.78 is 0. The molecule has 0 bridgehead atoms. The summed E-state index contributed by atoms with van der Waals surface area (Å²) in [7, 11) is 1.55. The van der Waals surface area contributed by atoms with Crippen molar-refractivity contribution in [2.24, 2.45) is 0 Å². The molecule has 1 aromatic carbocycles. The summed E-state index contributed by atoms with van der Waals surface area (Å²) in [5.41, 5.74) is 0.326. The molecule has 6 nitrogen and oxygen atoms in total. The van der Waals surface area contributed by atoms with E-state index in [9.17, 15) is 14.4 Å². The second kappa shape index (κ2) is 6.39. The monoisotopic (exact) mass is 290 g/mol. The first-order chi connectivity index (χ1) is 9.99. The minimum Gasteiger partial charge on any atom is -0.478 e. The molecule has 1 aliphatic heterocycles. The van der Waals surface area contributed by atoms with Gasteiger partial charge in [-0.15, -0.1) is 0 Å². The Kier molecular flexibility index (Phi) is 4.57. The molecule has 112 valence electrons. The highest BCUT2D eigenvalue weighted by Gasteiger charge is 2.22. The van der Waals surface area contributed by atoms with E-state index in [2.05, 4.69) is 0 Å². The zero-order valence-corrected chi connectivity index (χ0v) is 11.9. The van der Waals surface area contributed by atoms with Gasteiger partial charge in [-0.25, -0.2) is 4.79 Å². The largest absolute Gasteiger partial charge is 0.478 e. The molecule has 1 heterocycles. The van der Waals surface area contributed by atoms with Crippen LogP contribution in [0.2, 0.25) is 0 Å². The van der Waals surface area contributed by atoms with E-state index in [1.54, 1.807) is 18.0 Å². The number of carbonyl (C=O) groups is 3. The summed E-state index contributed by atoms with van der Waals surface area (Å²) in [6.07, 6.45) is 2.01. The third-order valence-electron chi connectivity index (χ3n) is 3.53. The van der Waals surface area contributed by atoms with Crippen molar-refractivity contribution in [2.75, 3.05) is 26.7 Å². The fourth-order valence-electron chi connectivity index (χ4n) is 2.35. The highest BCUT2D eigenvalue weighted by atomic mass is 16.4. The first-order valence-electron chi connectivity index (χ1n) is 6.85. The van der Waals surface area contributed by atoms with E-state index in [0.29, 0.717) is 0 Å². The van der Waals surface area contributed by atoms with Crippen molar-refractivity contribution >= 4 is 17.8 Å². The first-order valence-corrected chi connectivity index (χ1v) is 6.85. The maximum absolute atomic E-state index is 12.2. The number of carboxylic acid groups (broad SMARTS) is 1. The number of carboxylic acids is 1. The van der Waals surface area contributed by atoms with Crippen LogP contribution in [0.4, 0.5) is 0 Å². The highest BCUT2D eigenvalue weighted by molar-refractivity contribution is 5.98.